The highest BCUT2D eigenvalue weighted by Gasteiger charge is 2.01. The van der Waals surface area contributed by atoms with Gasteiger partial charge >= 0.3 is 0 Å². The Kier molecular flexibility index (Phi) is 1.70. The minimum absolute atomic E-state index is 0.184. The SMILES string of the molecule is Cc1nc(-n2cncn2)ccc1O. The average Bonchev–Trinajstić information content (AvgIpc) is 2.62. The summed E-state index contributed by atoms with van der Waals surface area (Å²) in [5, 5.41) is 13.2. The summed E-state index contributed by atoms with van der Waals surface area (Å²) in [5.41, 5.74) is 0.577. The zero-order chi connectivity index (χ0) is 9.26. The Morgan fingerprint density at radius 2 is 2.23 bits per heavy atom. The molecule has 0 fully saturated rings. The molecule has 2 aromatic rings. The third kappa shape index (κ3) is 1.35. The van der Waals surface area contributed by atoms with E-state index in [0.29, 0.717) is 11.5 Å². The van der Waals surface area contributed by atoms with Crippen molar-refractivity contribution in [1.29, 1.82) is 0 Å². The van der Waals surface area contributed by atoms with Crippen LogP contribution in [0.3, 0.4) is 0 Å². The molecule has 0 aliphatic heterocycles. The zero-order valence-corrected chi connectivity index (χ0v) is 7.05. The molecule has 66 valence electrons. The van der Waals surface area contributed by atoms with Gasteiger partial charge in [-0.1, -0.05) is 0 Å². The van der Waals surface area contributed by atoms with Crippen molar-refractivity contribution < 1.29 is 5.11 Å². The first-order chi connectivity index (χ1) is 6.27. The maximum Gasteiger partial charge on any atom is 0.155 e. The molecule has 0 amide bonds. The number of rotatable bonds is 1. The van der Waals surface area contributed by atoms with E-state index in [0.717, 1.165) is 0 Å². The van der Waals surface area contributed by atoms with E-state index in [1.807, 2.05) is 0 Å². The Hall–Kier alpha value is -1.91. The molecule has 0 radical (unpaired) electrons. The number of aromatic hydroxyl groups is 1. The van der Waals surface area contributed by atoms with Crippen LogP contribution in [0.5, 0.6) is 5.75 Å². The Morgan fingerprint density at radius 1 is 1.38 bits per heavy atom. The molecule has 2 rings (SSSR count). The van der Waals surface area contributed by atoms with E-state index < -0.39 is 0 Å². The van der Waals surface area contributed by atoms with Crippen molar-refractivity contribution >= 4 is 0 Å². The second kappa shape index (κ2) is 2.85. The van der Waals surface area contributed by atoms with Gasteiger partial charge in [0.15, 0.2) is 5.82 Å². The average molecular weight is 176 g/mol. The van der Waals surface area contributed by atoms with Gasteiger partial charge in [0.2, 0.25) is 0 Å². The van der Waals surface area contributed by atoms with Crippen molar-refractivity contribution in [2.24, 2.45) is 0 Å². The molecule has 13 heavy (non-hydrogen) atoms. The Labute approximate surface area is 74.7 Å². The first-order valence-corrected chi connectivity index (χ1v) is 3.79. The molecule has 0 bridgehead atoms. The number of aromatic nitrogens is 4. The van der Waals surface area contributed by atoms with Gasteiger partial charge in [-0.15, -0.1) is 0 Å². The van der Waals surface area contributed by atoms with E-state index in [1.165, 1.54) is 11.0 Å². The summed E-state index contributed by atoms with van der Waals surface area (Å²) in [6, 6.07) is 3.26. The Morgan fingerprint density at radius 3 is 2.85 bits per heavy atom. The van der Waals surface area contributed by atoms with Crippen LogP contribution < -0.4 is 0 Å². The predicted octanol–water partition coefficient (Wildman–Crippen LogP) is 0.676. The second-order valence-corrected chi connectivity index (χ2v) is 2.61. The topological polar surface area (TPSA) is 63.8 Å². The van der Waals surface area contributed by atoms with E-state index in [4.69, 9.17) is 0 Å². The molecule has 2 aromatic heterocycles. The molecule has 0 aromatic carbocycles. The van der Waals surface area contributed by atoms with Gasteiger partial charge in [0.25, 0.3) is 0 Å². The quantitative estimate of drug-likeness (QED) is 0.693. The molecule has 5 nitrogen and oxygen atoms in total. The first-order valence-electron chi connectivity index (χ1n) is 3.79. The van der Waals surface area contributed by atoms with E-state index in [-0.39, 0.29) is 5.75 Å². The van der Waals surface area contributed by atoms with Crippen LogP contribution in [0.1, 0.15) is 5.69 Å². The van der Waals surface area contributed by atoms with Crippen molar-refractivity contribution in [3.8, 4) is 11.6 Å². The van der Waals surface area contributed by atoms with Gasteiger partial charge in [0.1, 0.15) is 18.4 Å². The summed E-state index contributed by atoms with van der Waals surface area (Å²) in [5.74, 6) is 0.830. The van der Waals surface area contributed by atoms with Crippen LogP contribution in [-0.4, -0.2) is 24.9 Å². The third-order valence-electron chi connectivity index (χ3n) is 1.70. The number of aryl methyl sites for hydroxylation is 1. The maximum atomic E-state index is 9.23. The molecule has 0 atom stereocenters. The number of hydrogen-bond acceptors (Lipinski definition) is 4. The minimum atomic E-state index is 0.184. The standard InChI is InChI=1S/C8H8N4O/c1-6-7(13)2-3-8(11-6)12-5-9-4-10-12/h2-5,13H,1H3. The molecular formula is C8H8N4O. The summed E-state index contributed by atoms with van der Waals surface area (Å²) in [6.45, 7) is 1.73. The molecular weight excluding hydrogens is 168 g/mol. The largest absolute Gasteiger partial charge is 0.506 e. The molecule has 0 saturated heterocycles. The lowest BCUT2D eigenvalue weighted by molar-refractivity contribution is 0.467. The monoisotopic (exact) mass is 176 g/mol. The van der Waals surface area contributed by atoms with Crippen molar-refractivity contribution in [3.05, 3.63) is 30.5 Å². The molecule has 0 unspecified atom stereocenters. The molecule has 0 saturated carbocycles. The number of hydrogen-bond donors (Lipinski definition) is 1. The van der Waals surface area contributed by atoms with E-state index in [2.05, 4.69) is 15.1 Å². The first kappa shape index (κ1) is 7.72. The Bertz CT molecular complexity index is 410. The van der Waals surface area contributed by atoms with Gasteiger partial charge in [-0.25, -0.2) is 14.6 Å². The third-order valence-corrected chi connectivity index (χ3v) is 1.70. The fraction of sp³-hybridized carbons (Fsp3) is 0.125. The summed E-state index contributed by atoms with van der Waals surface area (Å²) >= 11 is 0. The lowest BCUT2D eigenvalue weighted by Crippen LogP contribution is -1.98. The van der Waals surface area contributed by atoms with Crippen molar-refractivity contribution in [3.63, 3.8) is 0 Å². The van der Waals surface area contributed by atoms with Crippen molar-refractivity contribution in [2.45, 2.75) is 6.92 Å². The predicted molar refractivity (Wildman–Crippen MR) is 45.6 cm³/mol. The van der Waals surface area contributed by atoms with Crippen LogP contribution in [0.2, 0.25) is 0 Å². The maximum absolute atomic E-state index is 9.23. The Balaban J connectivity index is 2.49. The number of nitrogens with zero attached hydrogens (tertiary/aromatic N) is 4. The lowest BCUT2D eigenvalue weighted by Gasteiger charge is -2.01. The minimum Gasteiger partial charge on any atom is -0.506 e. The van der Waals surface area contributed by atoms with Gasteiger partial charge < -0.3 is 5.11 Å². The lowest BCUT2D eigenvalue weighted by atomic mass is 10.3. The highest BCUT2D eigenvalue weighted by molar-refractivity contribution is 5.32. The molecule has 0 spiro atoms. The smallest absolute Gasteiger partial charge is 0.155 e. The fourth-order valence-corrected chi connectivity index (χ4v) is 0.995. The molecule has 0 aliphatic carbocycles. The van der Waals surface area contributed by atoms with Crippen LogP contribution >= 0.6 is 0 Å². The summed E-state index contributed by atoms with van der Waals surface area (Å²) in [6.07, 6.45) is 2.99. The van der Waals surface area contributed by atoms with Gasteiger partial charge in [0, 0.05) is 0 Å². The normalized spacial score (nSPS) is 10.2. The molecule has 1 N–H and O–H groups in total. The van der Waals surface area contributed by atoms with Crippen molar-refractivity contribution in [2.75, 3.05) is 0 Å². The summed E-state index contributed by atoms with van der Waals surface area (Å²) < 4.78 is 1.53. The van der Waals surface area contributed by atoms with Crippen LogP contribution in [-0.2, 0) is 0 Å². The highest BCUT2D eigenvalue weighted by atomic mass is 16.3. The second-order valence-electron chi connectivity index (χ2n) is 2.61. The van der Waals surface area contributed by atoms with E-state index in [1.54, 1.807) is 25.4 Å². The fourth-order valence-electron chi connectivity index (χ4n) is 0.995. The van der Waals surface area contributed by atoms with Crippen LogP contribution in [0.4, 0.5) is 0 Å². The summed E-state index contributed by atoms with van der Waals surface area (Å²) in [7, 11) is 0. The van der Waals surface area contributed by atoms with Crippen LogP contribution in [0.15, 0.2) is 24.8 Å². The van der Waals surface area contributed by atoms with Crippen LogP contribution in [0, 0.1) is 6.92 Å². The van der Waals surface area contributed by atoms with Gasteiger partial charge in [-0.3, -0.25) is 0 Å². The molecule has 5 heteroatoms. The zero-order valence-electron chi connectivity index (χ0n) is 7.05. The van der Waals surface area contributed by atoms with E-state index >= 15 is 0 Å². The highest BCUT2D eigenvalue weighted by Crippen LogP contribution is 2.14. The van der Waals surface area contributed by atoms with Gasteiger partial charge in [-0.2, -0.15) is 5.10 Å². The molecule has 2 heterocycles. The summed E-state index contributed by atoms with van der Waals surface area (Å²) in [4.78, 5) is 7.93. The number of pyridine rings is 1. The van der Waals surface area contributed by atoms with Crippen molar-refractivity contribution in [1.82, 2.24) is 19.7 Å². The van der Waals surface area contributed by atoms with Gasteiger partial charge in [-0.05, 0) is 19.1 Å². The van der Waals surface area contributed by atoms with Crippen LogP contribution in [0.25, 0.3) is 5.82 Å². The van der Waals surface area contributed by atoms with E-state index in [9.17, 15) is 5.11 Å². The van der Waals surface area contributed by atoms with Gasteiger partial charge in [0.05, 0.1) is 5.69 Å². The molecule has 0 aliphatic rings.